The summed E-state index contributed by atoms with van der Waals surface area (Å²) < 4.78 is 66.2. The van der Waals surface area contributed by atoms with Crippen molar-refractivity contribution in [3.8, 4) is 45.1 Å². The SMILES string of the molecule is [2H]C([2H])([2H])c1cc(-c2c(C([2H])([2H])[2H])cc(C)c(-c3n(-c4c(C(C)C)cccc4C(C)C)c4ccccc4[n+]3C)c2C)c(O)cc1-c1ccc(C2([2H])CCC(C)(C)CC2)cc1. The van der Waals surface area contributed by atoms with Gasteiger partial charge < -0.3 is 5.11 Å². The lowest BCUT2D eigenvalue weighted by molar-refractivity contribution is -0.633. The maximum absolute atomic E-state index is 12.1. The quantitative estimate of drug-likeness (QED) is 0.164. The monoisotopic (exact) mass is 711 g/mol. The predicted octanol–water partition coefficient (Wildman–Crippen LogP) is 13.3. The fourth-order valence-electron chi connectivity index (χ4n) is 8.70. The minimum absolute atomic E-state index is 0.00757. The lowest BCUT2D eigenvalue weighted by atomic mass is 9.71. The highest BCUT2D eigenvalue weighted by Crippen LogP contribution is 2.46. The average Bonchev–Trinajstić information content (AvgIpc) is 3.46. The fraction of sp³-hybridized carbons (Fsp3) is 0.380. The Hall–Kier alpha value is -4.63. The van der Waals surface area contributed by atoms with Gasteiger partial charge in [-0.3, -0.25) is 0 Å². The van der Waals surface area contributed by atoms with Gasteiger partial charge in [-0.15, -0.1) is 0 Å². The van der Waals surface area contributed by atoms with Crippen molar-refractivity contribution in [2.24, 2.45) is 12.5 Å². The molecule has 1 aliphatic carbocycles. The van der Waals surface area contributed by atoms with E-state index in [1.54, 1.807) is 6.07 Å². The van der Waals surface area contributed by atoms with Crippen LogP contribution in [0.15, 0.2) is 84.9 Å². The molecule has 1 aromatic heterocycles. The molecule has 0 amide bonds. The van der Waals surface area contributed by atoms with Crippen molar-refractivity contribution in [1.82, 2.24) is 4.57 Å². The number of aryl methyl sites for hydroxylation is 4. The Morgan fingerprint density at radius 2 is 1.42 bits per heavy atom. The van der Waals surface area contributed by atoms with E-state index in [0.29, 0.717) is 16.7 Å². The molecule has 3 heteroatoms. The third kappa shape index (κ3) is 6.51. The summed E-state index contributed by atoms with van der Waals surface area (Å²) in [5.74, 6) is 0.321. The summed E-state index contributed by atoms with van der Waals surface area (Å²) in [6, 6.07) is 26.9. The van der Waals surface area contributed by atoms with Gasteiger partial charge in [-0.25, -0.2) is 4.57 Å². The molecule has 0 bridgehead atoms. The number of imidazole rings is 1. The number of aromatic nitrogens is 2. The van der Waals surface area contributed by atoms with Crippen molar-refractivity contribution in [3.63, 3.8) is 0 Å². The summed E-state index contributed by atoms with van der Waals surface area (Å²) in [6.07, 6.45) is 3.42. The van der Waals surface area contributed by atoms with E-state index >= 15 is 0 Å². The van der Waals surface area contributed by atoms with Crippen LogP contribution in [-0.4, -0.2) is 9.67 Å². The normalized spacial score (nSPS) is 17.9. The first-order valence-electron chi connectivity index (χ1n) is 22.7. The molecule has 0 radical (unpaired) electrons. The zero-order valence-corrected chi connectivity index (χ0v) is 32.9. The number of phenols is 1. The van der Waals surface area contributed by atoms with Gasteiger partial charge in [0, 0.05) is 26.3 Å². The molecule has 1 heterocycles. The molecule has 0 unspecified atom stereocenters. The summed E-state index contributed by atoms with van der Waals surface area (Å²) in [7, 11) is 2.03. The summed E-state index contributed by atoms with van der Waals surface area (Å²) in [5.41, 5.74) is 10.1. The highest BCUT2D eigenvalue weighted by Gasteiger charge is 2.33. The second-order valence-corrected chi connectivity index (χ2v) is 16.7. The Balaban J connectivity index is 1.49. The Bertz CT molecular complexity index is 2570. The summed E-state index contributed by atoms with van der Waals surface area (Å²) >= 11 is 0. The fourth-order valence-corrected chi connectivity index (χ4v) is 8.70. The zero-order chi connectivity index (χ0) is 43.9. The molecule has 6 aromatic rings. The lowest BCUT2D eigenvalue weighted by Gasteiger charge is -2.34. The molecule has 0 atom stereocenters. The first kappa shape index (κ1) is 28.8. The van der Waals surface area contributed by atoms with Crippen LogP contribution in [0.1, 0.15) is 133 Å². The maximum Gasteiger partial charge on any atom is 0.295 e. The van der Waals surface area contributed by atoms with Gasteiger partial charge in [-0.2, -0.15) is 4.57 Å². The number of para-hydroxylation sites is 3. The summed E-state index contributed by atoms with van der Waals surface area (Å²) in [5, 5.41) is 12.1. The van der Waals surface area contributed by atoms with Crippen LogP contribution < -0.4 is 4.57 Å². The van der Waals surface area contributed by atoms with E-state index in [1.165, 1.54) is 23.3 Å². The number of fused-ring (bicyclic) bond motifs is 1. The van der Waals surface area contributed by atoms with E-state index in [2.05, 4.69) is 81.0 Å². The van der Waals surface area contributed by atoms with Crippen molar-refractivity contribution >= 4 is 11.0 Å². The Morgan fingerprint density at radius 3 is 2.04 bits per heavy atom. The molecule has 1 fully saturated rings. The molecular formula is C50H59N2O+. The Kier molecular flexibility index (Phi) is 7.60. The number of phenolic OH excluding ortho intramolecular Hbond substituents is 1. The molecule has 1 aliphatic rings. The largest absolute Gasteiger partial charge is 0.507 e. The van der Waals surface area contributed by atoms with Gasteiger partial charge in [0.2, 0.25) is 0 Å². The predicted molar refractivity (Wildman–Crippen MR) is 225 cm³/mol. The van der Waals surface area contributed by atoms with Gasteiger partial charge in [0.15, 0.2) is 11.0 Å². The average molecular weight is 711 g/mol. The molecule has 274 valence electrons. The molecule has 53 heavy (non-hydrogen) atoms. The molecular weight excluding hydrogens is 645 g/mol. The van der Waals surface area contributed by atoms with Gasteiger partial charge in [-0.1, -0.05) is 102 Å². The Morgan fingerprint density at radius 1 is 0.774 bits per heavy atom. The van der Waals surface area contributed by atoms with E-state index in [1.807, 2.05) is 57.3 Å². The number of rotatable bonds is 7. The smallest absolute Gasteiger partial charge is 0.295 e. The van der Waals surface area contributed by atoms with E-state index in [9.17, 15) is 6.48 Å². The molecule has 1 N–H and O–H groups in total. The van der Waals surface area contributed by atoms with Crippen LogP contribution in [-0.2, 0) is 7.05 Å². The van der Waals surface area contributed by atoms with Crippen LogP contribution >= 0.6 is 0 Å². The van der Waals surface area contributed by atoms with Crippen LogP contribution in [0.4, 0.5) is 0 Å². The first-order valence-corrected chi connectivity index (χ1v) is 19.2. The highest BCUT2D eigenvalue weighted by atomic mass is 16.3. The second kappa shape index (κ2) is 14.0. The molecule has 3 nitrogen and oxygen atoms in total. The van der Waals surface area contributed by atoms with Crippen LogP contribution in [0.2, 0.25) is 0 Å². The number of nitrogens with zero attached hydrogens (tertiary/aromatic N) is 2. The first-order chi connectivity index (χ1) is 27.9. The van der Waals surface area contributed by atoms with Crippen LogP contribution in [0.5, 0.6) is 5.75 Å². The lowest BCUT2D eigenvalue weighted by Crippen LogP contribution is -2.31. The Labute approximate surface area is 328 Å². The van der Waals surface area contributed by atoms with Crippen LogP contribution in [0.3, 0.4) is 0 Å². The maximum atomic E-state index is 12.1. The minimum atomic E-state index is -2.60. The second-order valence-electron chi connectivity index (χ2n) is 16.7. The number of benzene rings is 5. The molecule has 5 aromatic carbocycles. The van der Waals surface area contributed by atoms with Gasteiger partial charge in [-0.05, 0) is 145 Å². The molecule has 0 aliphatic heterocycles. The number of aromatic hydroxyl groups is 1. The molecule has 0 saturated heterocycles. The zero-order valence-electron chi connectivity index (χ0n) is 39.9. The molecule has 0 spiro atoms. The van der Waals surface area contributed by atoms with E-state index in [-0.39, 0.29) is 45.3 Å². The van der Waals surface area contributed by atoms with Crippen molar-refractivity contribution in [3.05, 3.63) is 124 Å². The van der Waals surface area contributed by atoms with Crippen molar-refractivity contribution in [2.75, 3.05) is 0 Å². The van der Waals surface area contributed by atoms with E-state index in [4.69, 9.17) is 8.22 Å². The highest BCUT2D eigenvalue weighted by molar-refractivity contribution is 5.88. The number of hydrogen-bond donors (Lipinski definition) is 1. The van der Waals surface area contributed by atoms with Gasteiger partial charge in [0.05, 0.1) is 12.6 Å². The third-order valence-corrected chi connectivity index (χ3v) is 11.8. The minimum Gasteiger partial charge on any atom is -0.507 e. The van der Waals surface area contributed by atoms with Gasteiger partial charge in [0.25, 0.3) is 5.82 Å². The van der Waals surface area contributed by atoms with Crippen LogP contribution in [0.25, 0.3) is 50.4 Å². The third-order valence-electron chi connectivity index (χ3n) is 11.8. The summed E-state index contributed by atoms with van der Waals surface area (Å²) in [6.45, 7) is 11.9. The van der Waals surface area contributed by atoms with Gasteiger partial charge >= 0.3 is 0 Å². The van der Waals surface area contributed by atoms with Crippen molar-refractivity contribution < 1.29 is 19.3 Å². The summed E-state index contributed by atoms with van der Waals surface area (Å²) in [4.78, 5) is 0. The van der Waals surface area contributed by atoms with Crippen molar-refractivity contribution in [2.45, 2.75) is 113 Å². The van der Waals surface area contributed by atoms with Crippen LogP contribution in [0, 0.1) is 33.0 Å². The molecule has 7 rings (SSSR count). The van der Waals surface area contributed by atoms with E-state index in [0.717, 1.165) is 64.9 Å². The molecule has 1 saturated carbocycles. The van der Waals surface area contributed by atoms with E-state index < -0.39 is 19.6 Å². The van der Waals surface area contributed by atoms with Crippen molar-refractivity contribution in [1.29, 1.82) is 0 Å². The standard InChI is InChI=1S/C50H58N2O/c1-30(2)39-15-14-16-40(31(3)4)48(39)52-44-18-13-12-17-43(44)51(11)49(52)47-34(7)27-33(6)46(35(47)8)42-28-32(5)41(29-45(42)53)38-21-19-36(20-22-38)37-23-25-50(9,10)26-24-37/h12-22,27-31,37H,23-26H2,1-11H3/p+1/i5D3,6D3,37D. The van der Waals surface area contributed by atoms with Gasteiger partial charge in [0.1, 0.15) is 11.4 Å². The topological polar surface area (TPSA) is 29.0 Å². The number of hydrogen-bond acceptors (Lipinski definition) is 1.